The van der Waals surface area contributed by atoms with Crippen molar-refractivity contribution < 1.29 is 28.7 Å². The predicted molar refractivity (Wildman–Crippen MR) is 150 cm³/mol. The van der Waals surface area contributed by atoms with Crippen LogP contribution in [-0.2, 0) is 19.1 Å². The van der Waals surface area contributed by atoms with Gasteiger partial charge < -0.3 is 20.1 Å². The molecule has 0 unspecified atom stereocenters. The first-order valence-electron chi connectivity index (χ1n) is 10.7. The van der Waals surface area contributed by atoms with Gasteiger partial charge in [-0.1, -0.05) is 18.2 Å². The largest absolute Gasteiger partial charge is 0.467 e. The van der Waals surface area contributed by atoms with E-state index in [4.69, 9.17) is 14.9 Å². The van der Waals surface area contributed by atoms with Gasteiger partial charge in [0.05, 0.1) is 18.6 Å². The van der Waals surface area contributed by atoms with E-state index in [1.165, 1.54) is 23.9 Å². The number of nitrogens with one attached hydrogen (secondary N) is 3. The number of anilines is 1. The highest BCUT2D eigenvalue weighted by molar-refractivity contribution is 14.0. The van der Waals surface area contributed by atoms with Crippen LogP contribution in [0.2, 0.25) is 0 Å². The normalized spacial score (nSPS) is 11.4. The minimum atomic E-state index is -1.24. The fourth-order valence-corrected chi connectivity index (χ4v) is 3.33. The number of hydrogen-bond acceptors (Lipinski definition) is 8. The lowest BCUT2D eigenvalue weighted by Crippen LogP contribution is -2.43. The third-order valence-electron chi connectivity index (χ3n) is 4.58. The Morgan fingerprint density at radius 3 is 2.14 bits per heavy atom. The van der Waals surface area contributed by atoms with Crippen molar-refractivity contribution in [2.45, 2.75) is 38.8 Å². The zero-order valence-electron chi connectivity index (χ0n) is 20.7. The van der Waals surface area contributed by atoms with E-state index in [9.17, 15) is 19.2 Å². The van der Waals surface area contributed by atoms with Crippen molar-refractivity contribution in [1.29, 1.82) is 5.41 Å². The maximum atomic E-state index is 12.8. The lowest BCUT2D eigenvalue weighted by Gasteiger charge is -2.22. The number of amides is 2. The third kappa shape index (κ3) is 9.61. The van der Waals surface area contributed by atoms with Gasteiger partial charge in [0.2, 0.25) is 0 Å². The van der Waals surface area contributed by atoms with Crippen molar-refractivity contribution in [1.82, 2.24) is 5.32 Å². The summed E-state index contributed by atoms with van der Waals surface area (Å²) in [6.45, 7) is 5.08. The van der Waals surface area contributed by atoms with Crippen molar-refractivity contribution in [2.24, 2.45) is 0 Å². The Hall–Kier alpha value is -2.93. The molecule has 0 aliphatic heterocycles. The summed E-state index contributed by atoms with van der Waals surface area (Å²) in [5.74, 6) is -2.46. The lowest BCUT2D eigenvalue weighted by molar-refractivity contribution is -0.158. The molecule has 0 spiro atoms. The summed E-state index contributed by atoms with van der Waals surface area (Å²) in [4.78, 5) is 49.6. The van der Waals surface area contributed by atoms with Crippen molar-refractivity contribution in [3.05, 3.63) is 65.2 Å². The second-order valence-electron chi connectivity index (χ2n) is 8.49. The molecule has 2 aromatic carbocycles. The molecule has 11 heteroatoms. The van der Waals surface area contributed by atoms with Crippen molar-refractivity contribution in [3.63, 3.8) is 0 Å². The maximum Gasteiger partial charge on any atom is 0.328 e. The Morgan fingerprint density at radius 1 is 0.972 bits per heavy atom. The molecule has 0 saturated heterocycles. The van der Waals surface area contributed by atoms with Gasteiger partial charge in [-0.25, -0.2) is 4.79 Å². The zero-order chi connectivity index (χ0) is 26.2. The summed E-state index contributed by atoms with van der Waals surface area (Å²) < 4.78 is 9.93. The second-order valence-corrected chi connectivity index (χ2v) is 9.30. The van der Waals surface area contributed by atoms with Crippen LogP contribution in [0.4, 0.5) is 5.69 Å². The molecule has 0 heterocycles. The summed E-state index contributed by atoms with van der Waals surface area (Å²) in [6, 6.07) is 11.5. The first kappa shape index (κ1) is 31.1. The van der Waals surface area contributed by atoms with Gasteiger partial charge in [-0.05, 0) is 57.4 Å². The van der Waals surface area contributed by atoms with Gasteiger partial charge in [-0.15, -0.1) is 35.7 Å². The van der Waals surface area contributed by atoms with Crippen LogP contribution in [0.5, 0.6) is 0 Å². The number of halogens is 1. The molecule has 0 fully saturated rings. The summed E-state index contributed by atoms with van der Waals surface area (Å²) in [5.41, 5.74) is 0.889. The molecular weight excluding hydrogens is 597 g/mol. The van der Waals surface area contributed by atoms with Crippen LogP contribution in [0.3, 0.4) is 0 Å². The van der Waals surface area contributed by atoms with Gasteiger partial charge in [-0.3, -0.25) is 19.8 Å². The fraction of sp³-hybridized carbons (Fsp3) is 0.320. The molecule has 0 saturated carbocycles. The van der Waals surface area contributed by atoms with Crippen molar-refractivity contribution >= 4 is 70.2 Å². The molecule has 0 aromatic heterocycles. The van der Waals surface area contributed by atoms with E-state index in [0.29, 0.717) is 21.9 Å². The van der Waals surface area contributed by atoms with Crippen LogP contribution < -0.4 is 10.6 Å². The van der Waals surface area contributed by atoms with Gasteiger partial charge in [0.25, 0.3) is 11.8 Å². The monoisotopic (exact) mass is 627 g/mol. The average molecular weight is 628 g/mol. The van der Waals surface area contributed by atoms with Crippen LogP contribution in [0.15, 0.2) is 48.5 Å². The van der Waals surface area contributed by atoms with Crippen LogP contribution in [0.1, 0.15) is 53.5 Å². The number of carbonyl (C=O) groups excluding carboxylic acids is 4. The first-order chi connectivity index (χ1) is 16.4. The SMILES string of the molecule is COC(=O)[C@H](CC(=O)OC(C)(C)C)NC(=O)c1cccc(NC(=O)c2ccc(C(=N)SC)cc2)c1.I. The Bertz CT molecular complexity index is 1120. The van der Waals surface area contributed by atoms with E-state index in [0.717, 1.165) is 7.11 Å². The Morgan fingerprint density at radius 2 is 1.58 bits per heavy atom. The first-order valence-corrected chi connectivity index (χ1v) is 11.9. The molecule has 0 aliphatic rings. The van der Waals surface area contributed by atoms with E-state index >= 15 is 0 Å². The number of rotatable bonds is 8. The number of methoxy groups -OCH3 is 1. The molecule has 0 radical (unpaired) electrons. The molecule has 194 valence electrons. The number of hydrogen-bond donors (Lipinski definition) is 3. The molecule has 36 heavy (non-hydrogen) atoms. The van der Waals surface area contributed by atoms with Crippen LogP contribution >= 0.6 is 35.7 Å². The number of ether oxygens (including phenoxy) is 2. The van der Waals surface area contributed by atoms with Crippen LogP contribution in [0.25, 0.3) is 0 Å². The summed E-state index contributed by atoms with van der Waals surface area (Å²) in [7, 11) is 1.16. The topological polar surface area (TPSA) is 135 Å². The van der Waals surface area contributed by atoms with Gasteiger partial charge in [0.15, 0.2) is 0 Å². The summed E-state index contributed by atoms with van der Waals surface area (Å²) in [6.07, 6.45) is 1.41. The Kier molecular flexibility index (Phi) is 12.1. The van der Waals surface area contributed by atoms with Gasteiger partial charge >= 0.3 is 11.9 Å². The van der Waals surface area contributed by atoms with E-state index in [1.54, 1.807) is 63.4 Å². The van der Waals surface area contributed by atoms with Crippen molar-refractivity contribution in [3.8, 4) is 0 Å². The molecule has 2 aromatic rings. The van der Waals surface area contributed by atoms with Crippen LogP contribution in [0, 0.1) is 5.41 Å². The standard InChI is InChI=1S/C25H29N3O6S.HI/c1-25(2,3)34-20(29)14-19(24(32)33-4)28-23(31)17-7-6-8-18(13-17)27-22(30)16-11-9-15(10-12-16)21(26)35-5;/h6-13,19,26H,14H2,1-5H3,(H,27,30)(H,28,31);1H/t19-;/m0./s1. The molecule has 1 atom stereocenters. The number of thioether (sulfide) groups is 1. The highest BCUT2D eigenvalue weighted by atomic mass is 127. The van der Waals surface area contributed by atoms with Gasteiger partial charge in [0, 0.05) is 22.4 Å². The highest BCUT2D eigenvalue weighted by Crippen LogP contribution is 2.16. The molecule has 2 amide bonds. The van der Waals surface area contributed by atoms with Gasteiger partial charge in [-0.2, -0.15) is 0 Å². The second kappa shape index (κ2) is 14.0. The fourth-order valence-electron chi connectivity index (χ4n) is 2.96. The molecule has 0 bridgehead atoms. The molecule has 0 aliphatic carbocycles. The Balaban J connectivity index is 0.00000648. The van der Waals surface area contributed by atoms with Crippen LogP contribution in [-0.4, -0.2) is 53.8 Å². The molecule has 2 rings (SSSR count). The number of carbonyl (C=O) groups is 4. The predicted octanol–water partition coefficient (Wildman–Crippen LogP) is 4.25. The highest BCUT2D eigenvalue weighted by Gasteiger charge is 2.28. The van der Waals surface area contributed by atoms with Crippen molar-refractivity contribution in [2.75, 3.05) is 18.7 Å². The third-order valence-corrected chi connectivity index (χ3v) is 5.22. The van der Waals surface area contributed by atoms with E-state index < -0.39 is 35.9 Å². The molecule has 3 N–H and O–H groups in total. The molecule has 9 nitrogen and oxygen atoms in total. The van der Waals surface area contributed by atoms with Gasteiger partial charge in [0.1, 0.15) is 11.6 Å². The average Bonchev–Trinajstić information content (AvgIpc) is 2.81. The summed E-state index contributed by atoms with van der Waals surface area (Å²) in [5, 5.41) is 13.4. The minimum absolute atomic E-state index is 0. The minimum Gasteiger partial charge on any atom is -0.467 e. The Labute approximate surface area is 231 Å². The smallest absolute Gasteiger partial charge is 0.328 e. The van der Waals surface area contributed by atoms with E-state index in [1.807, 2.05) is 0 Å². The maximum absolute atomic E-state index is 12.8. The number of esters is 2. The molecular formula is C25H30IN3O6S. The quantitative estimate of drug-likeness (QED) is 0.173. The van der Waals surface area contributed by atoms with E-state index in [2.05, 4.69) is 10.6 Å². The zero-order valence-corrected chi connectivity index (χ0v) is 23.8. The lowest BCUT2D eigenvalue weighted by atomic mass is 10.1. The number of benzene rings is 2. The van der Waals surface area contributed by atoms with E-state index in [-0.39, 0.29) is 35.4 Å². The summed E-state index contributed by atoms with van der Waals surface area (Å²) >= 11 is 1.30.